The zero-order valence-corrected chi connectivity index (χ0v) is 18.3. The monoisotopic (exact) mass is 440 g/mol. The Hall–Kier alpha value is -2.61. The lowest BCUT2D eigenvalue weighted by atomic mass is 10.2. The van der Waals surface area contributed by atoms with Crippen LogP contribution in [0.25, 0.3) is 0 Å². The van der Waals surface area contributed by atoms with Crippen molar-refractivity contribution in [2.45, 2.75) is 17.2 Å². The summed E-state index contributed by atoms with van der Waals surface area (Å²) in [6.07, 6.45) is 0. The molecular weight excluding hydrogens is 416 g/mol. The normalized spacial score (nSPS) is 11.4. The van der Waals surface area contributed by atoms with Crippen LogP contribution in [0.5, 0.6) is 0 Å². The molecule has 0 saturated carbocycles. The summed E-state index contributed by atoms with van der Waals surface area (Å²) in [5.74, 6) is 0.973. The Morgan fingerprint density at radius 1 is 0.867 bits per heavy atom. The standard InChI is InChI=1S/C23H24N2O3S2/c1-25(16-19-8-4-2-5-9-19)30(27,28)22-14-12-21(13-15-22)24-23(26)18-29-17-20-10-6-3-7-11-20/h2-15H,16-18H2,1H3,(H,24,26). The highest BCUT2D eigenvalue weighted by molar-refractivity contribution is 7.99. The maximum atomic E-state index is 12.8. The van der Waals surface area contributed by atoms with Crippen molar-refractivity contribution >= 4 is 33.4 Å². The fourth-order valence-corrected chi connectivity index (χ4v) is 4.80. The van der Waals surface area contributed by atoms with Gasteiger partial charge in [-0.15, -0.1) is 11.8 Å². The number of anilines is 1. The second kappa shape index (κ2) is 10.4. The second-order valence-electron chi connectivity index (χ2n) is 6.80. The summed E-state index contributed by atoms with van der Waals surface area (Å²) in [6.45, 7) is 0.292. The molecule has 0 aromatic heterocycles. The Morgan fingerprint density at radius 2 is 1.43 bits per heavy atom. The third kappa shape index (κ3) is 6.19. The van der Waals surface area contributed by atoms with E-state index in [0.717, 1.165) is 11.3 Å². The quantitative estimate of drug-likeness (QED) is 0.536. The highest BCUT2D eigenvalue weighted by Crippen LogP contribution is 2.20. The van der Waals surface area contributed by atoms with Gasteiger partial charge in [0.25, 0.3) is 0 Å². The van der Waals surface area contributed by atoms with Crippen molar-refractivity contribution in [3.8, 4) is 0 Å². The second-order valence-corrected chi connectivity index (χ2v) is 9.83. The van der Waals surface area contributed by atoms with E-state index in [1.54, 1.807) is 19.2 Å². The van der Waals surface area contributed by atoms with Crippen LogP contribution in [0.4, 0.5) is 5.69 Å². The van der Waals surface area contributed by atoms with E-state index in [2.05, 4.69) is 5.32 Å². The number of nitrogens with one attached hydrogen (secondary N) is 1. The maximum Gasteiger partial charge on any atom is 0.243 e. The van der Waals surface area contributed by atoms with E-state index in [1.807, 2.05) is 60.7 Å². The Kier molecular flexibility index (Phi) is 7.68. The molecule has 5 nitrogen and oxygen atoms in total. The number of amides is 1. The fraction of sp³-hybridized carbons (Fsp3) is 0.174. The average Bonchev–Trinajstić information content (AvgIpc) is 2.75. The molecule has 0 aliphatic carbocycles. The molecule has 0 aliphatic rings. The van der Waals surface area contributed by atoms with Gasteiger partial charge in [0.05, 0.1) is 10.6 Å². The fourth-order valence-electron chi connectivity index (χ4n) is 2.85. The number of carbonyl (C=O) groups is 1. The smallest absolute Gasteiger partial charge is 0.243 e. The first-order chi connectivity index (χ1) is 14.4. The molecule has 1 amide bonds. The summed E-state index contributed by atoms with van der Waals surface area (Å²) in [5.41, 5.74) is 2.66. The van der Waals surface area contributed by atoms with Crippen molar-refractivity contribution in [1.82, 2.24) is 4.31 Å². The highest BCUT2D eigenvalue weighted by Gasteiger charge is 2.20. The predicted molar refractivity (Wildman–Crippen MR) is 123 cm³/mol. The highest BCUT2D eigenvalue weighted by atomic mass is 32.2. The zero-order chi connectivity index (χ0) is 21.4. The zero-order valence-electron chi connectivity index (χ0n) is 16.7. The van der Waals surface area contributed by atoms with Gasteiger partial charge >= 0.3 is 0 Å². The number of sulfonamides is 1. The summed E-state index contributed by atoms with van der Waals surface area (Å²) in [7, 11) is -2.05. The third-order valence-electron chi connectivity index (χ3n) is 4.44. The minimum atomic E-state index is -3.61. The van der Waals surface area contributed by atoms with Crippen LogP contribution in [0.1, 0.15) is 11.1 Å². The summed E-state index contributed by atoms with van der Waals surface area (Å²) >= 11 is 1.53. The summed E-state index contributed by atoms with van der Waals surface area (Å²) in [6, 6.07) is 25.7. The molecule has 0 spiro atoms. The van der Waals surface area contributed by atoms with E-state index in [-0.39, 0.29) is 10.8 Å². The van der Waals surface area contributed by atoms with Gasteiger partial charge in [-0.1, -0.05) is 60.7 Å². The minimum absolute atomic E-state index is 0.118. The van der Waals surface area contributed by atoms with Crippen molar-refractivity contribution in [3.63, 3.8) is 0 Å². The van der Waals surface area contributed by atoms with E-state index in [1.165, 1.54) is 33.8 Å². The van der Waals surface area contributed by atoms with Crippen LogP contribution in [0.15, 0.2) is 89.8 Å². The Bertz CT molecular complexity index is 1050. The Balaban J connectivity index is 1.53. The number of benzene rings is 3. The van der Waals surface area contributed by atoms with E-state index in [9.17, 15) is 13.2 Å². The maximum absolute atomic E-state index is 12.8. The lowest BCUT2D eigenvalue weighted by Crippen LogP contribution is -2.26. The molecule has 0 unspecified atom stereocenters. The third-order valence-corrected chi connectivity index (χ3v) is 7.26. The predicted octanol–water partition coefficient (Wildman–Crippen LogP) is 4.38. The molecule has 0 heterocycles. The molecule has 1 N–H and O–H groups in total. The Morgan fingerprint density at radius 3 is 2.03 bits per heavy atom. The van der Waals surface area contributed by atoms with Crippen molar-refractivity contribution in [2.75, 3.05) is 18.1 Å². The SMILES string of the molecule is CN(Cc1ccccc1)S(=O)(=O)c1ccc(NC(=O)CSCc2ccccc2)cc1. The van der Waals surface area contributed by atoms with Crippen LogP contribution in [0, 0.1) is 0 Å². The van der Waals surface area contributed by atoms with Crippen molar-refractivity contribution in [3.05, 3.63) is 96.1 Å². The molecule has 30 heavy (non-hydrogen) atoms. The molecule has 0 atom stereocenters. The van der Waals surface area contributed by atoms with Gasteiger partial charge in [0, 0.05) is 25.0 Å². The van der Waals surface area contributed by atoms with Gasteiger partial charge < -0.3 is 5.32 Å². The molecule has 0 aliphatic heterocycles. The van der Waals surface area contributed by atoms with E-state index in [0.29, 0.717) is 18.0 Å². The van der Waals surface area contributed by atoms with E-state index < -0.39 is 10.0 Å². The summed E-state index contributed by atoms with van der Waals surface area (Å²) in [5, 5.41) is 2.81. The van der Waals surface area contributed by atoms with Crippen LogP contribution >= 0.6 is 11.8 Å². The average molecular weight is 441 g/mol. The largest absolute Gasteiger partial charge is 0.325 e. The van der Waals surface area contributed by atoms with Crippen molar-refractivity contribution < 1.29 is 13.2 Å². The first kappa shape index (κ1) is 22.1. The first-order valence-electron chi connectivity index (χ1n) is 9.47. The van der Waals surface area contributed by atoms with Crippen LogP contribution in [0.3, 0.4) is 0 Å². The molecule has 3 aromatic rings. The number of thioether (sulfide) groups is 1. The van der Waals surface area contributed by atoms with Gasteiger partial charge in [0.15, 0.2) is 0 Å². The number of hydrogen-bond acceptors (Lipinski definition) is 4. The number of carbonyl (C=O) groups excluding carboxylic acids is 1. The van der Waals surface area contributed by atoms with Gasteiger partial charge in [-0.05, 0) is 35.4 Å². The lowest BCUT2D eigenvalue weighted by molar-refractivity contribution is -0.113. The number of hydrogen-bond donors (Lipinski definition) is 1. The van der Waals surface area contributed by atoms with Gasteiger partial charge in [0.1, 0.15) is 0 Å². The van der Waals surface area contributed by atoms with Crippen molar-refractivity contribution in [1.29, 1.82) is 0 Å². The number of nitrogens with zero attached hydrogens (tertiary/aromatic N) is 1. The molecular formula is C23H24N2O3S2. The molecule has 0 fully saturated rings. The molecule has 0 radical (unpaired) electrons. The molecule has 0 saturated heterocycles. The lowest BCUT2D eigenvalue weighted by Gasteiger charge is -2.17. The van der Waals surface area contributed by atoms with Crippen LogP contribution < -0.4 is 5.32 Å². The molecule has 3 aromatic carbocycles. The van der Waals surface area contributed by atoms with Gasteiger partial charge in [0.2, 0.25) is 15.9 Å². The van der Waals surface area contributed by atoms with Crippen LogP contribution in [0.2, 0.25) is 0 Å². The molecule has 3 rings (SSSR count). The first-order valence-corrected chi connectivity index (χ1v) is 12.1. The van der Waals surface area contributed by atoms with Gasteiger partial charge in [-0.25, -0.2) is 8.42 Å². The number of rotatable bonds is 9. The van der Waals surface area contributed by atoms with E-state index in [4.69, 9.17) is 0 Å². The van der Waals surface area contributed by atoms with Crippen LogP contribution in [-0.4, -0.2) is 31.4 Å². The van der Waals surface area contributed by atoms with Gasteiger partial charge in [-0.3, -0.25) is 4.79 Å². The van der Waals surface area contributed by atoms with Crippen molar-refractivity contribution in [2.24, 2.45) is 0 Å². The topological polar surface area (TPSA) is 66.5 Å². The summed E-state index contributed by atoms with van der Waals surface area (Å²) in [4.78, 5) is 12.3. The molecule has 7 heteroatoms. The minimum Gasteiger partial charge on any atom is -0.325 e. The van der Waals surface area contributed by atoms with Gasteiger partial charge in [-0.2, -0.15) is 4.31 Å². The van der Waals surface area contributed by atoms with Crippen LogP contribution in [-0.2, 0) is 27.1 Å². The summed E-state index contributed by atoms with van der Waals surface area (Å²) < 4.78 is 26.9. The Labute approximate surface area is 182 Å². The molecule has 0 bridgehead atoms. The molecule has 156 valence electrons. The van der Waals surface area contributed by atoms with E-state index >= 15 is 0 Å².